The monoisotopic (exact) mass is 1140 g/mol. The first-order valence-corrected chi connectivity index (χ1v) is 30.3. The molecule has 2 spiro atoms. The summed E-state index contributed by atoms with van der Waals surface area (Å²) < 4.78 is 51.8. The second-order valence-corrected chi connectivity index (χ2v) is 27.1. The van der Waals surface area contributed by atoms with Gasteiger partial charge in [-0.25, -0.2) is 41.6 Å². The van der Waals surface area contributed by atoms with Gasteiger partial charge in [0.15, 0.2) is 42.7 Å². The van der Waals surface area contributed by atoms with Gasteiger partial charge in [0, 0.05) is 99.7 Å². The summed E-state index contributed by atoms with van der Waals surface area (Å²) in [5.74, 6) is -0.563. The van der Waals surface area contributed by atoms with Crippen LogP contribution in [0.2, 0.25) is 0 Å². The van der Waals surface area contributed by atoms with E-state index in [2.05, 4.69) is 41.2 Å². The number of nitrogens with zero attached hydrogens (tertiary/aromatic N) is 7. The Morgan fingerprint density at radius 3 is 1.57 bits per heavy atom. The fourth-order valence-corrected chi connectivity index (χ4v) is 12.1. The number of sulfone groups is 2. The van der Waals surface area contributed by atoms with Gasteiger partial charge < -0.3 is 63.0 Å². The zero-order valence-electron chi connectivity index (χ0n) is 45.6. The molecular weight excluding hydrogens is 1070 g/mol. The van der Waals surface area contributed by atoms with Crippen molar-refractivity contribution in [3.8, 4) is 0 Å². The number of amides is 4. The van der Waals surface area contributed by atoms with Crippen molar-refractivity contribution in [2.75, 3.05) is 85.3 Å². The van der Waals surface area contributed by atoms with Crippen LogP contribution >= 0.6 is 0 Å². The Labute approximate surface area is 465 Å². The van der Waals surface area contributed by atoms with Crippen molar-refractivity contribution in [1.82, 2.24) is 35.5 Å². The van der Waals surface area contributed by atoms with E-state index >= 15 is 0 Å². The van der Waals surface area contributed by atoms with Crippen molar-refractivity contribution in [1.29, 1.82) is 0 Å². The van der Waals surface area contributed by atoms with Crippen LogP contribution in [0.15, 0.2) is 70.7 Å². The van der Waals surface area contributed by atoms with Gasteiger partial charge in [-0.2, -0.15) is 0 Å². The molecule has 4 amide bonds. The number of ether oxygens (including phenoxy) is 1. The summed E-state index contributed by atoms with van der Waals surface area (Å²) in [5, 5.41) is 21.4. The number of hydrogen-bond acceptors (Lipinski definition) is 20. The third-order valence-corrected chi connectivity index (χ3v) is 17.3. The molecule has 6 heterocycles. The molecule has 432 valence electrons. The summed E-state index contributed by atoms with van der Waals surface area (Å²) in [4.78, 5) is 82.4. The highest BCUT2D eigenvalue weighted by molar-refractivity contribution is 7.91. The summed E-state index contributed by atoms with van der Waals surface area (Å²) in [7, 11) is -6.62. The summed E-state index contributed by atoms with van der Waals surface area (Å²) in [6.07, 6.45) is 12.0. The molecule has 0 radical (unpaired) electrons. The number of likely N-dealkylation sites (tertiary alicyclic amines) is 1. The number of carboxylic acids is 1. The molecule has 4 aromatic rings. The molecule has 80 heavy (non-hydrogen) atoms. The number of primary amides is 2. The number of aromatic nitrogens is 4. The second-order valence-electron chi connectivity index (χ2n) is 23.1. The van der Waals surface area contributed by atoms with Crippen LogP contribution in [0, 0.1) is 22.7 Å². The summed E-state index contributed by atoms with van der Waals surface area (Å²) in [5.41, 5.74) is 18.0. The van der Waals surface area contributed by atoms with Crippen molar-refractivity contribution >= 4 is 84.1 Å². The molecule has 6 aliphatic rings. The van der Waals surface area contributed by atoms with Gasteiger partial charge in [-0.15, -0.1) is 0 Å². The number of hydrogen-bond donors (Lipinski definition) is 8. The van der Waals surface area contributed by atoms with E-state index in [9.17, 15) is 40.8 Å². The number of anilines is 6. The zero-order valence-corrected chi connectivity index (χ0v) is 47.2. The van der Waals surface area contributed by atoms with Crippen LogP contribution < -0.4 is 48.3 Å². The first kappa shape index (κ1) is 58.9. The molecule has 6 fully saturated rings. The topological polar surface area (TPSA) is 371 Å². The standard InChI is InChI=1S/C24H31N7O4S.C17H22N6O3S.C12H19NO4/c1-36(34,35)18-6-4-16(5-7-18)28-22-20(21(25)32)27-11-19(30-22)31-8-2-3-17(12-31)29-23(33)15-9-24(10-15)13-26-14-24;1-27(25,26)13-6-4-12(5-7-13)21-17-15(16(19)24)20-9-14(22-17)23-8-2-3-11(18)10-23;1-11(2,3)17-10(16)13-6-12(7-13)4-8(5-12)9(14)15/h4-7,11,15,17,26H,2-3,8-10,12-14H2,1H3,(H2,25,32)(H,28,30)(H,29,33);4-7,9,11H,2-3,8,10,18H2,1H3,(H2,19,24)(H,21,22);8H,4-7H2,1-3H3,(H,14,15). The molecule has 2 aromatic carbocycles. The molecular formula is C53H72N14O11S2. The first-order chi connectivity index (χ1) is 37.6. The van der Waals surface area contributed by atoms with Gasteiger partial charge in [-0.1, -0.05) is 0 Å². The van der Waals surface area contributed by atoms with E-state index < -0.39 is 43.1 Å². The van der Waals surface area contributed by atoms with Gasteiger partial charge in [-0.3, -0.25) is 19.2 Å². The SMILES string of the molecule is CC(C)(C)OC(=O)N1CC2(CC(C(=O)O)C2)C1.CS(=O)(=O)c1ccc(Nc2nc(N3CCCC(N)C3)cnc2C(N)=O)cc1.CS(=O)(=O)c1ccc(Nc2nc(N3CCCC(NC(=O)C4CC5(CNC5)C4)C3)cnc2C(N)=O)cc1. The maximum absolute atomic E-state index is 12.8. The van der Waals surface area contributed by atoms with E-state index in [0.717, 1.165) is 77.2 Å². The van der Waals surface area contributed by atoms with Gasteiger partial charge >= 0.3 is 12.1 Å². The fraction of sp³-hybridized carbons (Fsp3) is 0.528. The fourth-order valence-electron chi connectivity index (χ4n) is 10.9. The largest absolute Gasteiger partial charge is 0.481 e. The zero-order chi connectivity index (χ0) is 58.0. The molecule has 2 atom stereocenters. The lowest BCUT2D eigenvalue weighted by molar-refractivity contribution is -0.159. The van der Waals surface area contributed by atoms with Crippen molar-refractivity contribution < 1.29 is 50.7 Å². The number of rotatable bonds is 13. The van der Waals surface area contributed by atoms with Gasteiger partial charge in [0.1, 0.15) is 17.2 Å². The highest BCUT2D eigenvalue weighted by Crippen LogP contribution is 2.52. The molecule has 2 aromatic heterocycles. The van der Waals surface area contributed by atoms with E-state index in [1.807, 2.05) is 30.6 Å². The number of aliphatic carboxylic acids is 1. The molecule has 4 saturated heterocycles. The smallest absolute Gasteiger partial charge is 0.410 e. The number of carbonyl (C=O) groups excluding carboxylic acids is 4. The Hall–Kier alpha value is -7.23. The molecule has 27 heteroatoms. The number of nitrogens with one attached hydrogen (secondary N) is 4. The minimum atomic E-state index is -3.33. The van der Waals surface area contributed by atoms with E-state index in [1.165, 1.54) is 36.7 Å². The van der Waals surface area contributed by atoms with Crippen LogP contribution in [0.5, 0.6) is 0 Å². The predicted molar refractivity (Wildman–Crippen MR) is 298 cm³/mol. The van der Waals surface area contributed by atoms with Crippen LogP contribution in [0.1, 0.15) is 93.1 Å². The molecule has 0 bridgehead atoms. The quantitative estimate of drug-likeness (QED) is 0.0953. The number of piperidine rings is 2. The molecule has 2 aliphatic carbocycles. The van der Waals surface area contributed by atoms with E-state index in [-0.39, 0.29) is 74.1 Å². The van der Waals surface area contributed by atoms with Gasteiger partial charge in [0.2, 0.25) is 5.91 Å². The lowest BCUT2D eigenvalue weighted by Gasteiger charge is -2.57. The number of carboxylic acid groups (broad SMARTS) is 1. The third kappa shape index (κ3) is 14.6. The van der Waals surface area contributed by atoms with Crippen molar-refractivity contribution in [2.24, 2.45) is 39.9 Å². The van der Waals surface area contributed by atoms with E-state index in [1.54, 1.807) is 29.2 Å². The average molecular weight is 1150 g/mol. The maximum Gasteiger partial charge on any atom is 0.410 e. The van der Waals surface area contributed by atoms with Crippen molar-refractivity contribution in [3.05, 3.63) is 72.3 Å². The molecule has 2 unspecified atom stereocenters. The van der Waals surface area contributed by atoms with Crippen LogP contribution in [0.25, 0.3) is 0 Å². The van der Waals surface area contributed by atoms with Gasteiger partial charge in [0.25, 0.3) is 11.8 Å². The normalized spacial score (nSPS) is 21.1. The Bertz CT molecular complexity index is 3190. The summed E-state index contributed by atoms with van der Waals surface area (Å²) in [6.45, 7) is 11.7. The van der Waals surface area contributed by atoms with Gasteiger partial charge in [0.05, 0.1) is 28.1 Å². The lowest BCUT2D eigenvalue weighted by Crippen LogP contribution is -2.65. The van der Waals surface area contributed by atoms with Crippen molar-refractivity contribution in [2.45, 2.75) is 99.6 Å². The summed E-state index contributed by atoms with van der Waals surface area (Å²) >= 11 is 0. The Morgan fingerprint density at radius 1 is 0.700 bits per heavy atom. The molecule has 11 N–H and O–H groups in total. The van der Waals surface area contributed by atoms with Crippen LogP contribution in [-0.2, 0) is 34.0 Å². The Balaban J connectivity index is 0.000000168. The first-order valence-electron chi connectivity index (χ1n) is 26.5. The number of nitrogens with two attached hydrogens (primary N) is 3. The highest BCUT2D eigenvalue weighted by atomic mass is 32.2. The molecule has 10 rings (SSSR count). The Kier molecular flexibility index (Phi) is 17.3. The number of carbonyl (C=O) groups is 5. The lowest BCUT2D eigenvalue weighted by atomic mass is 9.58. The third-order valence-electron chi connectivity index (χ3n) is 15.1. The molecule has 25 nitrogen and oxygen atoms in total. The second kappa shape index (κ2) is 23.5. The van der Waals surface area contributed by atoms with Crippen molar-refractivity contribution in [3.63, 3.8) is 0 Å². The molecule has 4 aliphatic heterocycles. The van der Waals surface area contributed by atoms with Crippen LogP contribution in [0.4, 0.5) is 39.4 Å². The number of benzene rings is 2. The van der Waals surface area contributed by atoms with Crippen LogP contribution in [-0.4, -0.2) is 159 Å². The highest BCUT2D eigenvalue weighted by Gasteiger charge is 2.56. The molecule has 2 saturated carbocycles. The average Bonchev–Trinajstić information content (AvgIpc) is 3.48. The Morgan fingerprint density at radius 2 is 1.16 bits per heavy atom. The minimum Gasteiger partial charge on any atom is -0.481 e. The predicted octanol–water partition coefficient (Wildman–Crippen LogP) is 3.18. The maximum atomic E-state index is 12.8. The van der Waals surface area contributed by atoms with E-state index in [4.69, 9.17) is 27.0 Å². The van der Waals surface area contributed by atoms with Gasteiger partial charge in [-0.05, 0) is 126 Å². The van der Waals surface area contributed by atoms with Crippen LogP contribution in [0.3, 0.4) is 0 Å². The van der Waals surface area contributed by atoms with E-state index in [0.29, 0.717) is 67.4 Å². The summed E-state index contributed by atoms with van der Waals surface area (Å²) in [6, 6.07) is 12.3. The minimum absolute atomic E-state index is 0.00671.